The lowest BCUT2D eigenvalue weighted by atomic mass is 10.2. The smallest absolute Gasteiger partial charge is 0.112 e. The van der Waals surface area contributed by atoms with Crippen LogP contribution >= 0.6 is 30.8 Å². The van der Waals surface area contributed by atoms with E-state index < -0.39 is 7.26 Å². The molecule has 0 nitrogen and oxygen atoms in total. The first-order valence-corrected chi connectivity index (χ1v) is 14.1. The third-order valence-corrected chi connectivity index (χ3v) is 14.0. The number of hydrogen-bond donors (Lipinski definition) is 0. The Bertz CT molecular complexity index is 768. The first-order chi connectivity index (χ1) is 13.8. The van der Waals surface area contributed by atoms with Gasteiger partial charge in [-0.3, -0.25) is 0 Å². The van der Waals surface area contributed by atoms with Crippen LogP contribution in [0.15, 0.2) is 91.0 Å². The average molecular weight is 551 g/mol. The Morgan fingerprint density at radius 1 is 0.690 bits per heavy atom. The number of thioether (sulfide) groups is 2. The fraction of sp³-hybridized carbons (Fsp3) is 0.280. The molecule has 1 aliphatic heterocycles. The SMILES string of the molecule is CCC1(CC[P+](c2ccccc2)(c2ccccc2)c2ccccc2)SCCS1.[I-]. The molecule has 0 atom stereocenters. The zero-order chi connectivity index (χ0) is 19.3. The van der Waals surface area contributed by atoms with E-state index in [0.29, 0.717) is 4.08 Å². The van der Waals surface area contributed by atoms with Crippen LogP contribution in [0.2, 0.25) is 0 Å². The summed E-state index contributed by atoms with van der Waals surface area (Å²) >= 11 is 4.39. The van der Waals surface area contributed by atoms with E-state index in [2.05, 4.69) is 121 Å². The molecular formula is C25H28IPS2. The van der Waals surface area contributed by atoms with Crippen LogP contribution in [0.25, 0.3) is 0 Å². The molecule has 0 N–H and O–H groups in total. The van der Waals surface area contributed by atoms with E-state index in [-0.39, 0.29) is 24.0 Å². The molecule has 29 heavy (non-hydrogen) atoms. The molecule has 4 rings (SSSR count). The molecule has 0 unspecified atom stereocenters. The van der Waals surface area contributed by atoms with Gasteiger partial charge in [0.25, 0.3) is 0 Å². The van der Waals surface area contributed by atoms with Crippen molar-refractivity contribution in [2.75, 3.05) is 17.7 Å². The maximum Gasteiger partial charge on any atom is 0.112 e. The number of halogens is 1. The van der Waals surface area contributed by atoms with E-state index >= 15 is 0 Å². The molecule has 152 valence electrons. The maximum atomic E-state index is 2.37. The van der Waals surface area contributed by atoms with Crippen molar-refractivity contribution < 1.29 is 24.0 Å². The quantitative estimate of drug-likeness (QED) is 0.328. The zero-order valence-corrected chi connectivity index (χ0v) is 21.5. The Kier molecular flexibility index (Phi) is 8.56. The highest BCUT2D eigenvalue weighted by Crippen LogP contribution is 2.59. The Hall–Kier alpha value is -0.480. The first kappa shape index (κ1) is 23.2. The van der Waals surface area contributed by atoms with E-state index in [1.807, 2.05) is 0 Å². The third-order valence-electron chi connectivity index (χ3n) is 5.77. The fourth-order valence-corrected chi connectivity index (χ4v) is 12.1. The van der Waals surface area contributed by atoms with Crippen molar-refractivity contribution in [3.8, 4) is 0 Å². The van der Waals surface area contributed by atoms with Gasteiger partial charge in [0.05, 0.1) is 10.2 Å². The minimum absolute atomic E-state index is 0. The molecule has 0 aliphatic carbocycles. The van der Waals surface area contributed by atoms with Crippen molar-refractivity contribution in [3.05, 3.63) is 91.0 Å². The van der Waals surface area contributed by atoms with Gasteiger partial charge in [0, 0.05) is 17.9 Å². The summed E-state index contributed by atoms with van der Waals surface area (Å²) in [7, 11) is -1.69. The summed E-state index contributed by atoms with van der Waals surface area (Å²) in [5.74, 6) is 2.60. The van der Waals surface area contributed by atoms with Crippen molar-refractivity contribution in [1.82, 2.24) is 0 Å². The molecule has 0 bridgehead atoms. The zero-order valence-electron chi connectivity index (χ0n) is 16.8. The van der Waals surface area contributed by atoms with Crippen LogP contribution in [0, 0.1) is 0 Å². The molecule has 0 saturated carbocycles. The number of hydrogen-bond acceptors (Lipinski definition) is 2. The van der Waals surface area contributed by atoms with Crippen LogP contribution in [0.5, 0.6) is 0 Å². The van der Waals surface area contributed by atoms with Gasteiger partial charge < -0.3 is 24.0 Å². The minimum Gasteiger partial charge on any atom is -1.00 e. The Balaban J connectivity index is 0.00000240. The molecule has 1 fully saturated rings. The highest BCUT2D eigenvalue weighted by molar-refractivity contribution is 8.21. The molecule has 0 amide bonds. The lowest BCUT2D eigenvalue weighted by Crippen LogP contribution is -3.00. The van der Waals surface area contributed by atoms with Crippen LogP contribution in [-0.4, -0.2) is 21.7 Å². The predicted octanol–water partition coefficient (Wildman–Crippen LogP) is 2.96. The van der Waals surface area contributed by atoms with E-state index in [9.17, 15) is 0 Å². The second kappa shape index (κ2) is 10.7. The van der Waals surface area contributed by atoms with Gasteiger partial charge >= 0.3 is 0 Å². The predicted molar refractivity (Wildman–Crippen MR) is 133 cm³/mol. The summed E-state index contributed by atoms with van der Waals surface area (Å²) < 4.78 is 0.392. The average Bonchev–Trinajstić information content (AvgIpc) is 3.26. The largest absolute Gasteiger partial charge is 1.00 e. The van der Waals surface area contributed by atoms with Crippen LogP contribution < -0.4 is 39.9 Å². The van der Waals surface area contributed by atoms with Gasteiger partial charge in [-0.2, -0.15) is 0 Å². The molecule has 3 aromatic rings. The Morgan fingerprint density at radius 2 is 1.07 bits per heavy atom. The first-order valence-electron chi connectivity index (χ1n) is 10.1. The summed E-state index contributed by atoms with van der Waals surface area (Å²) in [6.45, 7) is 2.37. The van der Waals surface area contributed by atoms with Crippen molar-refractivity contribution in [2.24, 2.45) is 0 Å². The second-order valence-corrected chi connectivity index (χ2v) is 14.1. The van der Waals surface area contributed by atoms with Crippen molar-refractivity contribution in [3.63, 3.8) is 0 Å². The van der Waals surface area contributed by atoms with Crippen LogP contribution in [0.1, 0.15) is 19.8 Å². The molecule has 0 spiro atoms. The summed E-state index contributed by atoms with van der Waals surface area (Å²) in [5, 5.41) is 4.52. The normalized spacial score (nSPS) is 15.6. The van der Waals surface area contributed by atoms with E-state index in [1.165, 1.54) is 46.4 Å². The van der Waals surface area contributed by atoms with Crippen LogP contribution in [0.4, 0.5) is 0 Å². The second-order valence-electron chi connectivity index (χ2n) is 7.25. The van der Waals surface area contributed by atoms with Gasteiger partial charge in [-0.1, -0.05) is 61.5 Å². The lowest BCUT2D eigenvalue weighted by molar-refractivity contribution is -0.00000536. The summed E-state index contributed by atoms with van der Waals surface area (Å²) in [6, 6.07) is 33.9. The van der Waals surface area contributed by atoms with Gasteiger partial charge in [-0.05, 0) is 42.8 Å². The summed E-state index contributed by atoms with van der Waals surface area (Å²) in [4.78, 5) is 0. The van der Waals surface area contributed by atoms with Crippen LogP contribution in [-0.2, 0) is 0 Å². The van der Waals surface area contributed by atoms with Crippen molar-refractivity contribution >= 4 is 46.7 Å². The lowest BCUT2D eigenvalue weighted by Gasteiger charge is -2.32. The number of rotatable bonds is 7. The Morgan fingerprint density at radius 3 is 1.41 bits per heavy atom. The van der Waals surface area contributed by atoms with E-state index in [0.717, 1.165) is 0 Å². The van der Waals surface area contributed by atoms with Crippen molar-refractivity contribution in [1.29, 1.82) is 0 Å². The maximum absolute atomic E-state index is 2.37. The van der Waals surface area contributed by atoms with Crippen LogP contribution in [0.3, 0.4) is 0 Å². The molecule has 1 saturated heterocycles. The monoisotopic (exact) mass is 550 g/mol. The fourth-order valence-electron chi connectivity index (χ4n) is 4.24. The molecule has 4 heteroatoms. The molecular weight excluding hydrogens is 522 g/mol. The Labute approximate surface area is 202 Å². The molecule has 1 heterocycles. The van der Waals surface area contributed by atoms with Gasteiger partial charge in [-0.25, -0.2) is 0 Å². The molecule has 3 aromatic carbocycles. The highest BCUT2D eigenvalue weighted by Gasteiger charge is 2.47. The van der Waals surface area contributed by atoms with Gasteiger partial charge in [0.2, 0.25) is 0 Å². The van der Waals surface area contributed by atoms with E-state index in [4.69, 9.17) is 0 Å². The van der Waals surface area contributed by atoms with Gasteiger partial charge in [0.1, 0.15) is 23.2 Å². The minimum atomic E-state index is -1.69. The molecule has 1 aliphatic rings. The van der Waals surface area contributed by atoms with Gasteiger partial charge in [-0.15, -0.1) is 23.5 Å². The van der Waals surface area contributed by atoms with Gasteiger partial charge in [0.15, 0.2) is 0 Å². The van der Waals surface area contributed by atoms with Crippen molar-refractivity contribution in [2.45, 2.75) is 23.8 Å². The number of benzene rings is 3. The molecule has 0 aromatic heterocycles. The standard InChI is InChI=1S/C25H28PS2.HI/c1-2-25(27-20-21-28-25)18-19-26(22-12-6-3-7-13-22,23-14-8-4-9-15-23)24-16-10-5-11-17-24;/h3-17H,2,18-21H2,1H3;1H/q+1;/p-1. The summed E-state index contributed by atoms with van der Waals surface area (Å²) in [5.41, 5.74) is 0. The van der Waals surface area contributed by atoms with E-state index in [1.54, 1.807) is 0 Å². The topological polar surface area (TPSA) is 0 Å². The third kappa shape index (κ3) is 4.89. The molecule has 0 radical (unpaired) electrons. The highest BCUT2D eigenvalue weighted by atomic mass is 127. The summed E-state index contributed by atoms with van der Waals surface area (Å²) in [6.07, 6.45) is 3.75.